The summed E-state index contributed by atoms with van der Waals surface area (Å²) in [6, 6.07) is 13.8. The van der Waals surface area contributed by atoms with Gasteiger partial charge in [0.15, 0.2) is 0 Å². The van der Waals surface area contributed by atoms with Crippen molar-refractivity contribution in [3.05, 3.63) is 80.4 Å². The lowest BCUT2D eigenvalue weighted by atomic mass is 9.99. The average Bonchev–Trinajstić information content (AvgIpc) is 2.62. The first-order valence-electron chi connectivity index (χ1n) is 7.48. The summed E-state index contributed by atoms with van der Waals surface area (Å²) in [6.07, 6.45) is 2.81. The zero-order chi connectivity index (χ0) is 17.1. The second-order valence-electron chi connectivity index (χ2n) is 5.48. The first kappa shape index (κ1) is 15.7. The summed E-state index contributed by atoms with van der Waals surface area (Å²) in [5.74, 6) is 0. The highest BCUT2D eigenvalue weighted by Crippen LogP contribution is 2.34. The summed E-state index contributed by atoms with van der Waals surface area (Å²) < 4.78 is 0. The van der Waals surface area contributed by atoms with Gasteiger partial charge in [0.05, 0.1) is 15.9 Å². The first-order chi connectivity index (χ1) is 11.6. The molecule has 0 aliphatic carbocycles. The molecule has 0 fully saturated rings. The van der Waals surface area contributed by atoms with Gasteiger partial charge in [0.2, 0.25) is 0 Å². The molecule has 1 heterocycles. The number of nitrogens with zero attached hydrogens (tertiary/aromatic N) is 3. The van der Waals surface area contributed by atoms with Gasteiger partial charge < -0.3 is 4.90 Å². The molecule has 1 aliphatic heterocycles. The third-order valence-electron chi connectivity index (χ3n) is 4.06. The van der Waals surface area contributed by atoms with Gasteiger partial charge in [-0.2, -0.15) is 0 Å². The third kappa shape index (κ3) is 3.10. The van der Waals surface area contributed by atoms with Crippen LogP contribution < -0.4 is 4.90 Å². The fourth-order valence-corrected chi connectivity index (χ4v) is 2.84. The minimum atomic E-state index is -0.625. The Morgan fingerprint density at radius 2 is 1.71 bits per heavy atom. The number of nitro groups is 2. The van der Waals surface area contributed by atoms with Crippen LogP contribution in [0.5, 0.6) is 0 Å². The van der Waals surface area contributed by atoms with Gasteiger partial charge in [-0.15, -0.1) is 0 Å². The van der Waals surface area contributed by atoms with Crippen molar-refractivity contribution in [3.8, 4) is 0 Å². The maximum atomic E-state index is 11.3. The Hall–Kier alpha value is -3.22. The van der Waals surface area contributed by atoms with E-state index in [9.17, 15) is 20.2 Å². The number of non-ortho nitro benzene ring substituents is 1. The largest absolute Gasteiger partial charge is 0.362 e. The number of benzene rings is 2. The van der Waals surface area contributed by atoms with Crippen LogP contribution >= 0.6 is 0 Å². The Kier molecular flexibility index (Phi) is 4.24. The van der Waals surface area contributed by atoms with Crippen molar-refractivity contribution in [2.24, 2.45) is 0 Å². The van der Waals surface area contributed by atoms with Crippen LogP contribution in [0, 0.1) is 20.2 Å². The molecule has 0 saturated carbocycles. The SMILES string of the molecule is O=[N+]([O-])c1ccc(N2CC=C(c3ccccc3)CC2)c([N+](=O)[O-])c1. The van der Waals surface area contributed by atoms with Crippen LogP contribution in [0.4, 0.5) is 17.1 Å². The fourth-order valence-electron chi connectivity index (χ4n) is 2.84. The molecule has 7 nitrogen and oxygen atoms in total. The molecule has 122 valence electrons. The van der Waals surface area contributed by atoms with Gasteiger partial charge in [0.1, 0.15) is 5.69 Å². The lowest BCUT2D eigenvalue weighted by molar-refractivity contribution is -0.393. The van der Waals surface area contributed by atoms with Gasteiger partial charge in [-0.1, -0.05) is 36.4 Å². The van der Waals surface area contributed by atoms with E-state index in [1.54, 1.807) is 0 Å². The molecule has 1 aliphatic rings. The predicted octanol–water partition coefficient (Wildman–Crippen LogP) is 3.80. The monoisotopic (exact) mass is 325 g/mol. The standard InChI is InChI=1S/C17H15N3O4/c21-19(22)15-6-7-16(17(12-15)20(23)24)18-10-8-14(9-11-18)13-4-2-1-3-5-13/h1-8,12H,9-11H2. The molecule has 2 aromatic carbocycles. The normalized spacial score (nSPS) is 14.2. The van der Waals surface area contributed by atoms with Gasteiger partial charge in [0.25, 0.3) is 11.4 Å². The molecule has 0 aromatic heterocycles. The Morgan fingerprint density at radius 3 is 2.29 bits per heavy atom. The number of rotatable bonds is 4. The molecule has 0 unspecified atom stereocenters. The Bertz CT molecular complexity index is 818. The minimum Gasteiger partial charge on any atom is -0.362 e. The van der Waals surface area contributed by atoms with E-state index in [4.69, 9.17) is 0 Å². The van der Waals surface area contributed by atoms with Crippen molar-refractivity contribution in [3.63, 3.8) is 0 Å². The molecular formula is C17H15N3O4. The molecule has 7 heteroatoms. The first-order valence-corrected chi connectivity index (χ1v) is 7.48. The average molecular weight is 325 g/mol. The highest BCUT2D eigenvalue weighted by atomic mass is 16.6. The van der Waals surface area contributed by atoms with E-state index in [2.05, 4.69) is 0 Å². The lowest BCUT2D eigenvalue weighted by Gasteiger charge is -2.28. The zero-order valence-electron chi connectivity index (χ0n) is 12.8. The molecule has 3 rings (SSSR count). The minimum absolute atomic E-state index is 0.235. The van der Waals surface area contributed by atoms with Crippen LogP contribution in [0.2, 0.25) is 0 Å². The van der Waals surface area contributed by atoms with E-state index in [1.165, 1.54) is 17.7 Å². The number of nitro benzene ring substituents is 2. The molecule has 0 N–H and O–H groups in total. The Balaban J connectivity index is 1.87. The zero-order valence-corrected chi connectivity index (χ0v) is 12.8. The third-order valence-corrected chi connectivity index (χ3v) is 4.06. The summed E-state index contributed by atoms with van der Waals surface area (Å²) in [4.78, 5) is 22.8. The molecular weight excluding hydrogens is 310 g/mol. The molecule has 2 aromatic rings. The molecule has 0 amide bonds. The van der Waals surface area contributed by atoms with Crippen LogP contribution in [-0.2, 0) is 0 Å². The number of anilines is 1. The number of hydrogen-bond donors (Lipinski definition) is 0. The fraction of sp³-hybridized carbons (Fsp3) is 0.176. The summed E-state index contributed by atoms with van der Waals surface area (Å²) in [5.41, 5.74) is 2.25. The number of hydrogen-bond acceptors (Lipinski definition) is 5. The summed E-state index contributed by atoms with van der Waals surface area (Å²) in [6.45, 7) is 1.16. The second kappa shape index (κ2) is 6.49. The highest BCUT2D eigenvalue weighted by molar-refractivity contribution is 5.72. The van der Waals surface area contributed by atoms with Crippen molar-refractivity contribution in [1.29, 1.82) is 0 Å². The quantitative estimate of drug-likeness (QED) is 0.630. The van der Waals surface area contributed by atoms with Crippen molar-refractivity contribution in [1.82, 2.24) is 0 Å². The van der Waals surface area contributed by atoms with Crippen molar-refractivity contribution >= 4 is 22.6 Å². The van der Waals surface area contributed by atoms with Gasteiger partial charge in [0, 0.05) is 19.2 Å². The van der Waals surface area contributed by atoms with E-state index < -0.39 is 9.85 Å². The van der Waals surface area contributed by atoms with E-state index in [0.717, 1.165) is 18.1 Å². The van der Waals surface area contributed by atoms with E-state index in [-0.39, 0.29) is 11.4 Å². The van der Waals surface area contributed by atoms with Crippen LogP contribution in [0.1, 0.15) is 12.0 Å². The van der Waals surface area contributed by atoms with Gasteiger partial charge in [-0.05, 0) is 23.6 Å². The molecule has 24 heavy (non-hydrogen) atoms. The van der Waals surface area contributed by atoms with E-state index in [1.807, 2.05) is 41.3 Å². The van der Waals surface area contributed by atoms with Crippen LogP contribution in [0.15, 0.2) is 54.6 Å². The lowest BCUT2D eigenvalue weighted by Crippen LogP contribution is -2.28. The molecule has 0 atom stereocenters. The van der Waals surface area contributed by atoms with Gasteiger partial charge >= 0.3 is 0 Å². The summed E-state index contributed by atoms with van der Waals surface area (Å²) in [7, 11) is 0. The van der Waals surface area contributed by atoms with Crippen LogP contribution in [-0.4, -0.2) is 22.9 Å². The van der Waals surface area contributed by atoms with E-state index >= 15 is 0 Å². The van der Waals surface area contributed by atoms with Crippen molar-refractivity contribution in [2.75, 3.05) is 18.0 Å². The smallest absolute Gasteiger partial charge is 0.299 e. The second-order valence-corrected chi connectivity index (χ2v) is 5.48. The topological polar surface area (TPSA) is 89.5 Å². The van der Waals surface area contributed by atoms with Crippen molar-refractivity contribution < 1.29 is 9.85 Å². The molecule has 0 bridgehead atoms. The summed E-state index contributed by atoms with van der Waals surface area (Å²) in [5, 5.41) is 22.1. The van der Waals surface area contributed by atoms with Gasteiger partial charge in [-0.25, -0.2) is 0 Å². The Labute approximate surface area is 138 Å². The summed E-state index contributed by atoms with van der Waals surface area (Å²) >= 11 is 0. The van der Waals surface area contributed by atoms with Crippen LogP contribution in [0.25, 0.3) is 5.57 Å². The predicted molar refractivity (Wildman–Crippen MR) is 91.0 cm³/mol. The van der Waals surface area contributed by atoms with Crippen molar-refractivity contribution in [2.45, 2.75) is 6.42 Å². The van der Waals surface area contributed by atoms with E-state index in [0.29, 0.717) is 18.8 Å². The Morgan fingerprint density at radius 1 is 0.958 bits per heavy atom. The van der Waals surface area contributed by atoms with Gasteiger partial charge in [-0.3, -0.25) is 20.2 Å². The highest BCUT2D eigenvalue weighted by Gasteiger charge is 2.24. The molecule has 0 radical (unpaired) electrons. The maximum Gasteiger partial charge on any atom is 0.299 e. The maximum absolute atomic E-state index is 11.3. The van der Waals surface area contributed by atoms with Crippen LogP contribution in [0.3, 0.4) is 0 Å². The molecule has 0 spiro atoms. The molecule has 0 saturated heterocycles.